The van der Waals surface area contributed by atoms with Crippen LogP contribution in [0.1, 0.15) is 11.1 Å². The Morgan fingerprint density at radius 1 is 0.826 bits per heavy atom. The smallest absolute Gasteiger partial charge is 0.145 e. The van der Waals surface area contributed by atoms with Gasteiger partial charge < -0.3 is 14.2 Å². The third kappa shape index (κ3) is 6.98. The van der Waals surface area contributed by atoms with Gasteiger partial charge in [-0.1, -0.05) is 73.0 Å². The zero-order chi connectivity index (χ0) is 16.2. The van der Waals surface area contributed by atoms with E-state index in [-0.39, 0.29) is 6.10 Å². The van der Waals surface area contributed by atoms with E-state index in [4.69, 9.17) is 14.2 Å². The summed E-state index contributed by atoms with van der Waals surface area (Å²) in [5.41, 5.74) is 4.88. The van der Waals surface area contributed by atoms with Crippen molar-refractivity contribution >= 4 is 0 Å². The van der Waals surface area contributed by atoms with Crippen molar-refractivity contribution in [1.82, 2.24) is 0 Å². The lowest BCUT2D eigenvalue weighted by Crippen LogP contribution is -2.23. The summed E-state index contributed by atoms with van der Waals surface area (Å²) in [7, 11) is 0. The van der Waals surface area contributed by atoms with Gasteiger partial charge in [0, 0.05) is 0 Å². The van der Waals surface area contributed by atoms with Gasteiger partial charge in [-0.15, -0.1) is 0 Å². The van der Waals surface area contributed by atoms with Crippen molar-refractivity contribution in [2.75, 3.05) is 13.2 Å². The summed E-state index contributed by atoms with van der Waals surface area (Å²) in [6.45, 7) is 5.50. The molecule has 3 heteroatoms. The van der Waals surface area contributed by atoms with Crippen LogP contribution < -0.4 is 0 Å². The first kappa shape index (κ1) is 17.0. The van der Waals surface area contributed by atoms with Gasteiger partial charge in [0.2, 0.25) is 0 Å². The first-order valence-corrected chi connectivity index (χ1v) is 7.61. The lowest BCUT2D eigenvalue weighted by molar-refractivity contribution is -0.0341. The van der Waals surface area contributed by atoms with Gasteiger partial charge >= 0.3 is 0 Å². The Balaban J connectivity index is 1.73. The highest BCUT2D eigenvalue weighted by atomic mass is 16.6. The monoisotopic (exact) mass is 310 g/mol. The highest BCUT2D eigenvalue weighted by molar-refractivity contribution is 5.14. The van der Waals surface area contributed by atoms with Crippen LogP contribution in [0.15, 0.2) is 79.2 Å². The summed E-state index contributed by atoms with van der Waals surface area (Å²) in [6.07, 6.45) is 1.26. The fourth-order valence-electron chi connectivity index (χ4n) is 2.04. The van der Waals surface area contributed by atoms with Crippen molar-refractivity contribution < 1.29 is 14.2 Å². The predicted molar refractivity (Wildman–Crippen MR) is 90.8 cm³/mol. The molecular formula is C20H22O3. The quantitative estimate of drug-likeness (QED) is 0.488. The van der Waals surface area contributed by atoms with Crippen LogP contribution in [-0.2, 0) is 27.4 Å². The number of hydrogen-bond acceptors (Lipinski definition) is 3. The third-order valence-electron chi connectivity index (χ3n) is 3.17. The van der Waals surface area contributed by atoms with Crippen LogP contribution in [0.5, 0.6) is 0 Å². The molecule has 0 saturated heterocycles. The molecule has 0 aliphatic heterocycles. The average Bonchev–Trinajstić information content (AvgIpc) is 2.61. The highest BCUT2D eigenvalue weighted by Crippen LogP contribution is 2.05. The number of ether oxygens (including phenoxy) is 3. The summed E-state index contributed by atoms with van der Waals surface area (Å²) in [5, 5.41) is 0. The topological polar surface area (TPSA) is 27.7 Å². The Hall–Kier alpha value is -2.32. The number of benzene rings is 2. The fraction of sp³-hybridized carbons (Fsp3) is 0.250. The summed E-state index contributed by atoms with van der Waals surface area (Å²) >= 11 is 0. The SMILES string of the molecule is C=C=COC(COCc1ccccc1)COCc1ccccc1. The van der Waals surface area contributed by atoms with Crippen molar-refractivity contribution in [3.05, 3.63) is 90.4 Å². The molecule has 120 valence electrons. The minimum absolute atomic E-state index is 0.184. The summed E-state index contributed by atoms with van der Waals surface area (Å²) in [6, 6.07) is 20.1. The molecule has 2 rings (SSSR count). The summed E-state index contributed by atoms with van der Waals surface area (Å²) < 4.78 is 16.9. The van der Waals surface area contributed by atoms with E-state index in [1.807, 2.05) is 60.7 Å². The van der Waals surface area contributed by atoms with Crippen LogP contribution >= 0.6 is 0 Å². The molecular weight excluding hydrogens is 288 g/mol. The lowest BCUT2D eigenvalue weighted by atomic mass is 10.2. The van der Waals surface area contributed by atoms with Gasteiger partial charge in [0.15, 0.2) is 0 Å². The van der Waals surface area contributed by atoms with Crippen LogP contribution in [0.3, 0.4) is 0 Å². The molecule has 2 aromatic rings. The maximum absolute atomic E-state index is 5.71. The van der Waals surface area contributed by atoms with Gasteiger partial charge in [0.05, 0.1) is 26.4 Å². The molecule has 23 heavy (non-hydrogen) atoms. The van der Waals surface area contributed by atoms with Crippen molar-refractivity contribution in [1.29, 1.82) is 0 Å². The second-order valence-electron chi connectivity index (χ2n) is 5.08. The number of rotatable bonds is 10. The molecule has 0 aliphatic rings. The Morgan fingerprint density at radius 2 is 1.30 bits per heavy atom. The molecule has 0 fully saturated rings. The first-order valence-electron chi connectivity index (χ1n) is 7.61. The van der Waals surface area contributed by atoms with E-state index >= 15 is 0 Å². The van der Waals surface area contributed by atoms with Gasteiger partial charge in [-0.3, -0.25) is 0 Å². The molecule has 0 radical (unpaired) electrons. The normalized spacial score (nSPS) is 10.3. The van der Waals surface area contributed by atoms with Crippen molar-refractivity contribution in [2.45, 2.75) is 19.3 Å². The van der Waals surface area contributed by atoms with Crippen molar-refractivity contribution in [3.8, 4) is 0 Å². The van der Waals surface area contributed by atoms with E-state index in [0.29, 0.717) is 26.4 Å². The Morgan fingerprint density at radius 3 is 1.74 bits per heavy atom. The zero-order valence-electron chi connectivity index (χ0n) is 13.2. The van der Waals surface area contributed by atoms with E-state index in [1.54, 1.807) is 0 Å². The average molecular weight is 310 g/mol. The Labute approximate surface area is 137 Å². The summed E-state index contributed by atoms with van der Waals surface area (Å²) in [5.74, 6) is 0. The molecule has 0 heterocycles. The van der Waals surface area contributed by atoms with E-state index in [9.17, 15) is 0 Å². The van der Waals surface area contributed by atoms with Crippen LogP contribution in [0, 0.1) is 0 Å². The van der Waals surface area contributed by atoms with Crippen LogP contribution in [0.2, 0.25) is 0 Å². The Kier molecular flexibility index (Phi) is 7.72. The standard InChI is InChI=1S/C20H22O3/c1-2-13-23-20(16-21-14-18-9-5-3-6-10-18)17-22-15-19-11-7-4-8-12-19/h3-13,20H,1,14-17H2. The molecule has 0 amide bonds. The van der Waals surface area contributed by atoms with Crippen LogP contribution in [0.25, 0.3) is 0 Å². The molecule has 0 saturated carbocycles. The highest BCUT2D eigenvalue weighted by Gasteiger charge is 2.09. The van der Waals surface area contributed by atoms with Gasteiger partial charge in [-0.05, 0) is 11.1 Å². The third-order valence-corrected chi connectivity index (χ3v) is 3.17. The molecule has 2 aromatic carbocycles. The largest absolute Gasteiger partial charge is 0.485 e. The lowest BCUT2D eigenvalue weighted by Gasteiger charge is -2.17. The van der Waals surface area contributed by atoms with Crippen LogP contribution in [-0.4, -0.2) is 19.3 Å². The first-order chi connectivity index (χ1) is 11.4. The van der Waals surface area contributed by atoms with E-state index in [1.165, 1.54) is 6.26 Å². The molecule has 0 aromatic heterocycles. The van der Waals surface area contributed by atoms with Gasteiger partial charge in [-0.2, -0.15) is 0 Å². The predicted octanol–water partition coefficient (Wildman–Crippen LogP) is 4.10. The maximum Gasteiger partial charge on any atom is 0.145 e. The zero-order valence-corrected chi connectivity index (χ0v) is 13.2. The minimum Gasteiger partial charge on any atom is -0.485 e. The Bertz CT molecular complexity index is 543. The molecule has 3 nitrogen and oxygen atoms in total. The van der Waals surface area contributed by atoms with Gasteiger partial charge in [0.1, 0.15) is 12.4 Å². The van der Waals surface area contributed by atoms with E-state index < -0.39 is 0 Å². The molecule has 0 aliphatic carbocycles. The second-order valence-corrected chi connectivity index (χ2v) is 5.08. The molecule has 0 unspecified atom stereocenters. The van der Waals surface area contributed by atoms with E-state index in [0.717, 1.165) is 11.1 Å². The molecule has 0 N–H and O–H groups in total. The molecule has 0 bridgehead atoms. The molecule has 0 spiro atoms. The van der Waals surface area contributed by atoms with Crippen LogP contribution in [0.4, 0.5) is 0 Å². The van der Waals surface area contributed by atoms with E-state index in [2.05, 4.69) is 12.3 Å². The van der Waals surface area contributed by atoms with Crippen molar-refractivity contribution in [3.63, 3.8) is 0 Å². The van der Waals surface area contributed by atoms with Crippen molar-refractivity contribution in [2.24, 2.45) is 0 Å². The maximum atomic E-state index is 5.71. The number of hydrogen-bond donors (Lipinski definition) is 0. The van der Waals surface area contributed by atoms with Gasteiger partial charge in [-0.25, -0.2) is 0 Å². The minimum atomic E-state index is -0.184. The molecule has 0 atom stereocenters. The van der Waals surface area contributed by atoms with Gasteiger partial charge in [0.25, 0.3) is 0 Å². The summed E-state index contributed by atoms with van der Waals surface area (Å²) in [4.78, 5) is 0. The second kappa shape index (κ2) is 10.4. The fourth-order valence-corrected chi connectivity index (χ4v) is 2.04.